The largest absolute Gasteiger partial charge is 0.497 e. The number of benzene rings is 1. The van der Waals surface area contributed by atoms with Crippen molar-refractivity contribution in [3.8, 4) is 17.5 Å². The van der Waals surface area contributed by atoms with Gasteiger partial charge in [-0.2, -0.15) is 10.4 Å². The summed E-state index contributed by atoms with van der Waals surface area (Å²) in [5.41, 5.74) is 1.27. The van der Waals surface area contributed by atoms with Crippen LogP contribution >= 0.6 is 0 Å². The molecule has 5 nitrogen and oxygen atoms in total. The van der Waals surface area contributed by atoms with Crippen LogP contribution in [-0.4, -0.2) is 21.9 Å². The Morgan fingerprint density at radius 1 is 1.32 bits per heavy atom. The minimum absolute atomic E-state index is 0.558. The Kier molecular flexibility index (Phi) is 3.81. The van der Waals surface area contributed by atoms with Crippen LogP contribution in [0.15, 0.2) is 18.2 Å². The second-order valence-electron chi connectivity index (χ2n) is 4.06. The topological polar surface area (TPSA) is 63.7 Å². The number of aryl methyl sites for hydroxylation is 2. The Labute approximate surface area is 112 Å². The van der Waals surface area contributed by atoms with Gasteiger partial charge in [0.1, 0.15) is 17.6 Å². The van der Waals surface area contributed by atoms with E-state index in [-0.39, 0.29) is 0 Å². The van der Waals surface area contributed by atoms with Crippen LogP contribution in [0.4, 0.5) is 0 Å². The number of nitrogens with zero attached hydrogens (tertiary/aromatic N) is 4. The fourth-order valence-electron chi connectivity index (χ4n) is 1.87. The van der Waals surface area contributed by atoms with Gasteiger partial charge in [-0.05, 0) is 12.1 Å². The maximum absolute atomic E-state index is 9.22. The number of nitriles is 1. The SMILES string of the molecule is CCc1nc(CC)n(-c2cc(OC)ccc2C#N)n1. The average molecular weight is 256 g/mol. The van der Waals surface area contributed by atoms with Gasteiger partial charge in [0.15, 0.2) is 5.82 Å². The van der Waals surface area contributed by atoms with Crippen molar-refractivity contribution in [1.29, 1.82) is 5.26 Å². The fourth-order valence-corrected chi connectivity index (χ4v) is 1.87. The number of methoxy groups -OCH3 is 1. The van der Waals surface area contributed by atoms with Gasteiger partial charge in [0, 0.05) is 18.9 Å². The Hall–Kier alpha value is -2.35. The summed E-state index contributed by atoms with van der Waals surface area (Å²) in [4.78, 5) is 4.46. The maximum Gasteiger partial charge on any atom is 0.151 e. The van der Waals surface area contributed by atoms with Gasteiger partial charge >= 0.3 is 0 Å². The lowest BCUT2D eigenvalue weighted by atomic mass is 10.2. The molecule has 0 atom stereocenters. The van der Waals surface area contributed by atoms with Gasteiger partial charge < -0.3 is 4.74 Å². The van der Waals surface area contributed by atoms with Gasteiger partial charge in [0.2, 0.25) is 0 Å². The first-order chi connectivity index (χ1) is 9.23. The molecule has 2 aromatic rings. The van der Waals surface area contributed by atoms with Gasteiger partial charge in [0.25, 0.3) is 0 Å². The number of rotatable bonds is 4. The van der Waals surface area contributed by atoms with Crippen molar-refractivity contribution in [2.75, 3.05) is 7.11 Å². The summed E-state index contributed by atoms with van der Waals surface area (Å²) in [5, 5.41) is 13.7. The van der Waals surface area contributed by atoms with E-state index in [0.29, 0.717) is 17.0 Å². The van der Waals surface area contributed by atoms with E-state index in [4.69, 9.17) is 4.74 Å². The molecule has 0 saturated carbocycles. The Morgan fingerprint density at radius 3 is 2.68 bits per heavy atom. The molecule has 0 aliphatic rings. The van der Waals surface area contributed by atoms with E-state index >= 15 is 0 Å². The number of hydrogen-bond acceptors (Lipinski definition) is 4. The van der Waals surface area contributed by atoms with Gasteiger partial charge in [-0.25, -0.2) is 9.67 Å². The number of aromatic nitrogens is 3. The first-order valence-corrected chi connectivity index (χ1v) is 6.26. The number of hydrogen-bond donors (Lipinski definition) is 0. The molecule has 5 heteroatoms. The molecule has 0 aliphatic heterocycles. The van der Waals surface area contributed by atoms with Gasteiger partial charge in [-0.15, -0.1) is 0 Å². The first kappa shape index (κ1) is 13.1. The molecular weight excluding hydrogens is 240 g/mol. The highest BCUT2D eigenvalue weighted by atomic mass is 16.5. The molecule has 2 rings (SSSR count). The van der Waals surface area contributed by atoms with Crippen LogP contribution < -0.4 is 4.74 Å². The molecule has 0 fully saturated rings. The van der Waals surface area contributed by atoms with E-state index in [9.17, 15) is 5.26 Å². The molecule has 0 aliphatic carbocycles. The smallest absolute Gasteiger partial charge is 0.151 e. The third-order valence-electron chi connectivity index (χ3n) is 2.90. The molecule has 0 bridgehead atoms. The molecule has 1 heterocycles. The zero-order chi connectivity index (χ0) is 13.8. The summed E-state index contributed by atoms with van der Waals surface area (Å²) in [5.74, 6) is 2.33. The second-order valence-corrected chi connectivity index (χ2v) is 4.06. The second kappa shape index (κ2) is 5.53. The van der Waals surface area contributed by atoms with Crippen LogP contribution in [0.5, 0.6) is 5.75 Å². The molecule has 98 valence electrons. The highest BCUT2D eigenvalue weighted by Gasteiger charge is 2.13. The lowest BCUT2D eigenvalue weighted by Gasteiger charge is -2.08. The molecule has 0 saturated heterocycles. The summed E-state index contributed by atoms with van der Waals surface area (Å²) in [6.45, 7) is 4.03. The highest BCUT2D eigenvalue weighted by Crippen LogP contribution is 2.22. The normalized spacial score (nSPS) is 10.2. The van der Waals surface area contributed by atoms with E-state index in [1.165, 1.54) is 0 Å². The third kappa shape index (κ3) is 2.43. The van der Waals surface area contributed by atoms with Crippen molar-refractivity contribution < 1.29 is 4.74 Å². The standard InChI is InChI=1S/C14H16N4O/c1-4-13-16-14(5-2)18(17-13)12-8-11(19-3)7-6-10(12)9-15/h6-8H,4-5H2,1-3H3. The van der Waals surface area contributed by atoms with Gasteiger partial charge in [-0.3, -0.25) is 0 Å². The molecule has 0 N–H and O–H groups in total. The maximum atomic E-state index is 9.22. The van der Waals surface area contributed by atoms with Crippen molar-refractivity contribution >= 4 is 0 Å². The fraction of sp³-hybridized carbons (Fsp3) is 0.357. The van der Waals surface area contributed by atoms with Crippen LogP contribution in [-0.2, 0) is 12.8 Å². The molecule has 1 aromatic heterocycles. The van der Waals surface area contributed by atoms with E-state index in [2.05, 4.69) is 16.2 Å². The van der Waals surface area contributed by atoms with Crippen LogP contribution in [0, 0.1) is 11.3 Å². The molecule has 1 aromatic carbocycles. The Bertz CT molecular complexity index is 625. The van der Waals surface area contributed by atoms with Crippen molar-refractivity contribution in [3.63, 3.8) is 0 Å². The zero-order valence-electron chi connectivity index (χ0n) is 11.3. The average Bonchev–Trinajstić information content (AvgIpc) is 2.89. The van der Waals surface area contributed by atoms with E-state index in [0.717, 1.165) is 24.5 Å². The summed E-state index contributed by atoms with van der Waals surface area (Å²) in [7, 11) is 1.60. The molecule has 0 unspecified atom stereocenters. The van der Waals surface area contributed by atoms with Crippen LogP contribution in [0.2, 0.25) is 0 Å². The lowest BCUT2D eigenvalue weighted by Crippen LogP contribution is -2.05. The third-order valence-corrected chi connectivity index (χ3v) is 2.90. The zero-order valence-corrected chi connectivity index (χ0v) is 11.3. The van der Waals surface area contributed by atoms with Gasteiger partial charge in [-0.1, -0.05) is 13.8 Å². The number of ether oxygens (including phenoxy) is 1. The van der Waals surface area contributed by atoms with Crippen LogP contribution in [0.25, 0.3) is 5.69 Å². The lowest BCUT2D eigenvalue weighted by molar-refractivity contribution is 0.414. The molecule has 0 radical (unpaired) electrons. The molecule has 19 heavy (non-hydrogen) atoms. The minimum Gasteiger partial charge on any atom is -0.497 e. The van der Waals surface area contributed by atoms with Gasteiger partial charge in [0.05, 0.1) is 18.4 Å². The Balaban J connectivity index is 2.63. The van der Waals surface area contributed by atoms with Crippen molar-refractivity contribution in [3.05, 3.63) is 35.4 Å². The molecule has 0 spiro atoms. The monoisotopic (exact) mass is 256 g/mol. The summed E-state index contributed by atoms with van der Waals surface area (Å²) in [6, 6.07) is 7.50. The predicted octanol–water partition coefficient (Wildman–Crippen LogP) is 2.27. The minimum atomic E-state index is 0.558. The summed E-state index contributed by atoms with van der Waals surface area (Å²) in [6.07, 6.45) is 1.53. The quantitative estimate of drug-likeness (QED) is 0.841. The van der Waals surface area contributed by atoms with Crippen molar-refractivity contribution in [2.24, 2.45) is 0 Å². The van der Waals surface area contributed by atoms with E-state index in [1.54, 1.807) is 23.9 Å². The highest BCUT2D eigenvalue weighted by molar-refractivity contribution is 5.52. The van der Waals surface area contributed by atoms with Crippen LogP contribution in [0.3, 0.4) is 0 Å². The first-order valence-electron chi connectivity index (χ1n) is 6.26. The summed E-state index contributed by atoms with van der Waals surface area (Å²) < 4.78 is 6.95. The Morgan fingerprint density at radius 2 is 2.11 bits per heavy atom. The van der Waals surface area contributed by atoms with Crippen molar-refractivity contribution in [1.82, 2.24) is 14.8 Å². The summed E-state index contributed by atoms with van der Waals surface area (Å²) >= 11 is 0. The molecular formula is C14H16N4O. The van der Waals surface area contributed by atoms with E-state index in [1.807, 2.05) is 19.9 Å². The van der Waals surface area contributed by atoms with Crippen molar-refractivity contribution in [2.45, 2.75) is 26.7 Å². The van der Waals surface area contributed by atoms with Crippen LogP contribution in [0.1, 0.15) is 31.1 Å². The predicted molar refractivity (Wildman–Crippen MR) is 71.4 cm³/mol. The molecule has 0 amide bonds. The van der Waals surface area contributed by atoms with E-state index < -0.39 is 0 Å².